The first-order valence-corrected chi connectivity index (χ1v) is 9.30. The molecule has 0 fully saturated rings. The zero-order chi connectivity index (χ0) is 20.4. The minimum Gasteiger partial charge on any atom is -0.495 e. The Bertz CT molecular complexity index is 1010. The average molecular weight is 435 g/mol. The second-order valence-corrected chi connectivity index (χ2v) is 7.66. The number of ether oxygens (including phenoxy) is 1. The fraction of sp³-hybridized carbons (Fsp3) is 0.133. The SMILES string of the molecule is COc1ccc(S(=O)(=O)N(CC(=O)O)c2cccc([N+](=O)[O-])c2)c(Cl)c1Cl. The Morgan fingerprint density at radius 3 is 2.48 bits per heavy atom. The maximum Gasteiger partial charge on any atom is 0.324 e. The van der Waals surface area contributed by atoms with Gasteiger partial charge in [0.1, 0.15) is 22.2 Å². The third kappa shape index (κ3) is 4.24. The molecule has 0 aromatic heterocycles. The first-order chi connectivity index (χ1) is 12.6. The van der Waals surface area contributed by atoms with Crippen molar-refractivity contribution in [2.45, 2.75) is 4.90 Å². The van der Waals surface area contributed by atoms with Crippen LogP contribution in [0.4, 0.5) is 11.4 Å². The molecule has 9 nitrogen and oxygen atoms in total. The average Bonchev–Trinajstić information content (AvgIpc) is 2.61. The van der Waals surface area contributed by atoms with Gasteiger partial charge in [-0.1, -0.05) is 29.3 Å². The lowest BCUT2D eigenvalue weighted by Crippen LogP contribution is -2.36. The van der Waals surface area contributed by atoms with Crippen LogP contribution < -0.4 is 9.04 Å². The molecule has 0 amide bonds. The van der Waals surface area contributed by atoms with Crippen LogP contribution in [-0.2, 0) is 14.8 Å². The highest BCUT2D eigenvalue weighted by atomic mass is 35.5. The lowest BCUT2D eigenvalue weighted by atomic mass is 10.3. The van der Waals surface area contributed by atoms with E-state index in [1.54, 1.807) is 0 Å². The number of hydrogen-bond acceptors (Lipinski definition) is 6. The smallest absolute Gasteiger partial charge is 0.324 e. The highest BCUT2D eigenvalue weighted by Gasteiger charge is 2.31. The second kappa shape index (κ2) is 7.99. The maximum absolute atomic E-state index is 13.0. The third-order valence-corrected chi connectivity index (χ3v) is 6.20. The number of benzene rings is 2. The highest BCUT2D eigenvalue weighted by molar-refractivity contribution is 7.93. The number of aliphatic carboxylic acids is 1. The molecule has 0 aliphatic carbocycles. The van der Waals surface area contributed by atoms with E-state index >= 15 is 0 Å². The summed E-state index contributed by atoms with van der Waals surface area (Å²) in [5.41, 5.74) is -0.619. The molecule has 0 radical (unpaired) electrons. The first-order valence-electron chi connectivity index (χ1n) is 7.10. The van der Waals surface area contributed by atoms with Gasteiger partial charge in [0.05, 0.1) is 22.7 Å². The predicted octanol–water partition coefficient (Wildman–Crippen LogP) is 3.19. The minimum absolute atomic E-state index is 0.126. The van der Waals surface area contributed by atoms with Crippen LogP contribution in [0, 0.1) is 10.1 Å². The quantitative estimate of drug-likeness (QED) is 0.523. The van der Waals surface area contributed by atoms with Crippen molar-refractivity contribution in [3.05, 3.63) is 56.6 Å². The summed E-state index contributed by atoms with van der Waals surface area (Å²) < 4.78 is 31.5. The summed E-state index contributed by atoms with van der Waals surface area (Å²) in [6.45, 7) is -0.983. The number of halogens is 2. The summed E-state index contributed by atoms with van der Waals surface area (Å²) >= 11 is 12.0. The molecule has 12 heteroatoms. The highest BCUT2D eigenvalue weighted by Crippen LogP contribution is 2.38. The topological polar surface area (TPSA) is 127 Å². The van der Waals surface area contributed by atoms with Crippen molar-refractivity contribution >= 4 is 50.6 Å². The number of carbonyl (C=O) groups is 1. The Labute approximate surface area is 163 Å². The fourth-order valence-electron chi connectivity index (χ4n) is 2.19. The van der Waals surface area contributed by atoms with Gasteiger partial charge in [0, 0.05) is 12.1 Å². The van der Waals surface area contributed by atoms with Gasteiger partial charge in [-0.15, -0.1) is 0 Å². The Kier molecular flexibility index (Phi) is 6.14. The van der Waals surface area contributed by atoms with Gasteiger partial charge in [0.15, 0.2) is 0 Å². The molecule has 0 atom stereocenters. The number of methoxy groups -OCH3 is 1. The molecule has 0 spiro atoms. The van der Waals surface area contributed by atoms with Gasteiger partial charge in [0.25, 0.3) is 15.7 Å². The first kappa shape index (κ1) is 20.7. The zero-order valence-electron chi connectivity index (χ0n) is 13.6. The molecule has 0 aliphatic heterocycles. The van der Waals surface area contributed by atoms with E-state index in [0.717, 1.165) is 18.2 Å². The van der Waals surface area contributed by atoms with E-state index in [-0.39, 0.29) is 21.5 Å². The van der Waals surface area contributed by atoms with Crippen molar-refractivity contribution in [3.63, 3.8) is 0 Å². The largest absolute Gasteiger partial charge is 0.495 e. The molecule has 0 saturated carbocycles. The van der Waals surface area contributed by atoms with Gasteiger partial charge in [-0.3, -0.25) is 19.2 Å². The molecule has 0 aliphatic rings. The van der Waals surface area contributed by atoms with Crippen LogP contribution in [0.1, 0.15) is 0 Å². The van der Waals surface area contributed by atoms with Crippen molar-refractivity contribution in [3.8, 4) is 5.75 Å². The summed E-state index contributed by atoms with van der Waals surface area (Å²) in [5.74, 6) is -1.35. The summed E-state index contributed by atoms with van der Waals surface area (Å²) in [7, 11) is -3.20. The fourth-order valence-corrected chi connectivity index (χ4v) is 4.41. The van der Waals surface area contributed by atoms with Gasteiger partial charge in [-0.2, -0.15) is 0 Å². The summed E-state index contributed by atoms with van der Waals surface area (Å²) in [4.78, 5) is 21.0. The van der Waals surface area contributed by atoms with Gasteiger partial charge in [0.2, 0.25) is 0 Å². The number of anilines is 1. The van der Waals surface area contributed by atoms with Crippen LogP contribution in [0.2, 0.25) is 10.0 Å². The van der Waals surface area contributed by atoms with Crippen LogP contribution in [0.15, 0.2) is 41.3 Å². The zero-order valence-corrected chi connectivity index (χ0v) is 16.0. The number of nitro benzene ring substituents is 1. The van der Waals surface area contributed by atoms with Crippen molar-refractivity contribution in [1.82, 2.24) is 0 Å². The molecule has 0 unspecified atom stereocenters. The summed E-state index contributed by atoms with van der Waals surface area (Å²) in [6, 6.07) is 6.92. The van der Waals surface area contributed by atoms with Crippen LogP contribution in [0.5, 0.6) is 5.75 Å². The maximum atomic E-state index is 13.0. The molecule has 0 heterocycles. The van der Waals surface area contributed by atoms with Crippen molar-refractivity contribution in [1.29, 1.82) is 0 Å². The van der Waals surface area contributed by atoms with Crippen molar-refractivity contribution in [2.75, 3.05) is 18.0 Å². The number of nitrogens with zero attached hydrogens (tertiary/aromatic N) is 2. The molecule has 2 aromatic rings. The number of sulfonamides is 1. The number of hydrogen-bond donors (Lipinski definition) is 1. The Morgan fingerprint density at radius 1 is 1.26 bits per heavy atom. The van der Waals surface area contributed by atoms with E-state index < -0.39 is 38.0 Å². The second-order valence-electron chi connectivity index (χ2n) is 5.08. The van der Waals surface area contributed by atoms with Crippen LogP contribution in [0.25, 0.3) is 0 Å². The number of carboxylic acids is 1. The molecule has 144 valence electrons. The van der Waals surface area contributed by atoms with Crippen LogP contribution in [-0.4, -0.2) is 38.1 Å². The normalized spacial score (nSPS) is 11.1. The molecule has 0 saturated heterocycles. The lowest BCUT2D eigenvalue weighted by Gasteiger charge is -2.23. The Balaban J connectivity index is 2.66. The van der Waals surface area contributed by atoms with E-state index in [1.807, 2.05) is 0 Å². The molecule has 2 aromatic carbocycles. The monoisotopic (exact) mass is 434 g/mol. The van der Waals surface area contributed by atoms with Crippen LogP contribution >= 0.6 is 23.2 Å². The van der Waals surface area contributed by atoms with Crippen molar-refractivity contribution < 1.29 is 28.0 Å². The standard InChI is InChI=1S/C15H12Cl2N2O7S/c1-26-11-5-6-12(15(17)14(11)16)27(24,25)18(8-13(20)21)9-3-2-4-10(7-9)19(22)23/h2-7H,8H2,1H3,(H,20,21). The Morgan fingerprint density at radius 2 is 1.93 bits per heavy atom. The number of non-ortho nitro benzene ring substituents is 1. The number of nitro groups is 1. The van der Waals surface area contributed by atoms with Gasteiger partial charge in [-0.05, 0) is 18.2 Å². The Hall–Kier alpha value is -2.56. The molecule has 2 rings (SSSR count). The van der Waals surface area contributed by atoms with Gasteiger partial charge >= 0.3 is 5.97 Å². The minimum atomic E-state index is -4.51. The number of carboxylic acid groups (broad SMARTS) is 1. The molecule has 1 N–H and O–H groups in total. The summed E-state index contributed by atoms with van der Waals surface area (Å²) in [6.07, 6.45) is 0. The molecule has 27 heavy (non-hydrogen) atoms. The van der Waals surface area contributed by atoms with E-state index in [0.29, 0.717) is 4.31 Å². The van der Waals surface area contributed by atoms with Crippen LogP contribution in [0.3, 0.4) is 0 Å². The molecular formula is C15H12Cl2N2O7S. The lowest BCUT2D eigenvalue weighted by molar-refractivity contribution is -0.384. The van der Waals surface area contributed by atoms with Crippen molar-refractivity contribution in [2.24, 2.45) is 0 Å². The predicted molar refractivity (Wildman–Crippen MR) is 98.3 cm³/mol. The van der Waals surface area contributed by atoms with Gasteiger partial charge in [-0.25, -0.2) is 8.42 Å². The summed E-state index contributed by atoms with van der Waals surface area (Å²) in [5, 5.41) is 19.5. The van der Waals surface area contributed by atoms with E-state index in [4.69, 9.17) is 33.0 Å². The van der Waals surface area contributed by atoms with Gasteiger partial charge < -0.3 is 9.84 Å². The number of rotatable bonds is 7. The van der Waals surface area contributed by atoms with E-state index in [9.17, 15) is 23.3 Å². The molecular weight excluding hydrogens is 423 g/mol. The van der Waals surface area contributed by atoms with E-state index in [2.05, 4.69) is 0 Å². The molecule has 0 bridgehead atoms. The van der Waals surface area contributed by atoms with E-state index in [1.165, 1.54) is 25.3 Å². The third-order valence-electron chi connectivity index (χ3n) is 3.41.